The van der Waals surface area contributed by atoms with Crippen molar-refractivity contribution in [3.8, 4) is 0 Å². The molecule has 2 atom stereocenters. The maximum atomic E-state index is 11.3. The van der Waals surface area contributed by atoms with Gasteiger partial charge < -0.3 is 10.3 Å². The molecule has 1 aliphatic heterocycles. The summed E-state index contributed by atoms with van der Waals surface area (Å²) in [6.07, 6.45) is 1.27. The number of H-pyrrole nitrogens is 1. The van der Waals surface area contributed by atoms with Crippen LogP contribution in [0.1, 0.15) is 29.4 Å². The molecule has 0 spiro atoms. The molecular weight excluding hydrogens is 248 g/mol. The van der Waals surface area contributed by atoms with E-state index in [1.54, 1.807) is 6.07 Å². The van der Waals surface area contributed by atoms with Gasteiger partial charge in [0, 0.05) is 24.7 Å². The fraction of sp³-hybridized carbons (Fsp3) is 0.357. The Bertz CT molecular complexity index is 664. The van der Waals surface area contributed by atoms with Gasteiger partial charge in [0.25, 0.3) is 0 Å². The largest absolute Gasteiger partial charge is 0.322 e. The lowest BCUT2D eigenvalue weighted by molar-refractivity contribution is 0.454. The highest BCUT2D eigenvalue weighted by molar-refractivity contribution is 5.85. The number of nitrogens with one attached hydrogen (secondary N) is 2. The molecule has 4 rings (SSSR count). The molecule has 2 aromatic rings. The van der Waals surface area contributed by atoms with Crippen LogP contribution in [-0.2, 0) is 0 Å². The standard InChI is InChI=1S/C14H14N2O.ClH/c17-14-2-1-8-4-11-9-3-10(7-15-6-9)12(11)5-13(8)16-14;/h1-2,4-5,9-10,15H,3,6-7H2,(H,16,17);1H. The van der Waals surface area contributed by atoms with Gasteiger partial charge in [-0.25, -0.2) is 0 Å². The van der Waals surface area contributed by atoms with E-state index in [1.165, 1.54) is 17.5 Å². The van der Waals surface area contributed by atoms with Crippen LogP contribution in [0, 0.1) is 0 Å². The number of hydrogen-bond donors (Lipinski definition) is 2. The van der Waals surface area contributed by atoms with E-state index in [0.29, 0.717) is 11.8 Å². The fourth-order valence-electron chi connectivity index (χ4n) is 3.36. The first-order valence-corrected chi connectivity index (χ1v) is 6.19. The van der Waals surface area contributed by atoms with Crippen LogP contribution in [-0.4, -0.2) is 18.1 Å². The zero-order valence-corrected chi connectivity index (χ0v) is 10.7. The zero-order valence-electron chi connectivity index (χ0n) is 9.90. The van der Waals surface area contributed by atoms with Crippen molar-refractivity contribution >= 4 is 23.3 Å². The normalized spacial score (nSPS) is 24.7. The lowest BCUT2D eigenvalue weighted by Crippen LogP contribution is -2.28. The smallest absolute Gasteiger partial charge is 0.248 e. The molecule has 0 radical (unpaired) electrons. The zero-order chi connectivity index (χ0) is 11.4. The van der Waals surface area contributed by atoms with Crippen LogP contribution in [0.15, 0.2) is 29.1 Å². The van der Waals surface area contributed by atoms with Crippen LogP contribution in [0.5, 0.6) is 0 Å². The Labute approximate surface area is 111 Å². The van der Waals surface area contributed by atoms with Gasteiger partial charge in [-0.1, -0.05) is 0 Å². The first-order chi connectivity index (χ1) is 8.31. The number of pyridine rings is 1. The Morgan fingerprint density at radius 3 is 2.56 bits per heavy atom. The second kappa shape index (κ2) is 4.11. The van der Waals surface area contributed by atoms with Crippen LogP contribution in [0.25, 0.3) is 10.9 Å². The lowest BCUT2D eigenvalue weighted by Gasteiger charge is -2.19. The van der Waals surface area contributed by atoms with Gasteiger partial charge in [-0.15, -0.1) is 12.4 Å². The van der Waals surface area contributed by atoms with Crippen molar-refractivity contribution in [2.45, 2.75) is 18.3 Å². The highest BCUT2D eigenvalue weighted by atomic mass is 35.5. The van der Waals surface area contributed by atoms with Crippen molar-refractivity contribution in [3.05, 3.63) is 45.7 Å². The minimum atomic E-state index is -0.0171. The summed E-state index contributed by atoms with van der Waals surface area (Å²) in [7, 11) is 0. The number of benzene rings is 1. The summed E-state index contributed by atoms with van der Waals surface area (Å²) in [6.45, 7) is 2.17. The molecule has 18 heavy (non-hydrogen) atoms. The predicted molar refractivity (Wildman–Crippen MR) is 74.8 cm³/mol. The van der Waals surface area contributed by atoms with Crippen LogP contribution in [0.3, 0.4) is 0 Å². The van der Waals surface area contributed by atoms with Gasteiger partial charge >= 0.3 is 0 Å². The lowest BCUT2D eigenvalue weighted by atomic mass is 9.98. The van der Waals surface area contributed by atoms with Gasteiger partial charge in [-0.3, -0.25) is 4.79 Å². The molecule has 1 fully saturated rings. The quantitative estimate of drug-likeness (QED) is 0.764. The fourth-order valence-corrected chi connectivity index (χ4v) is 3.36. The first kappa shape index (κ1) is 11.8. The van der Waals surface area contributed by atoms with E-state index in [2.05, 4.69) is 22.4 Å². The van der Waals surface area contributed by atoms with Crippen molar-refractivity contribution < 1.29 is 0 Å². The third kappa shape index (κ3) is 1.58. The number of fused-ring (bicyclic) bond motifs is 6. The average Bonchev–Trinajstić information content (AvgIpc) is 2.59. The molecule has 0 saturated carbocycles. The van der Waals surface area contributed by atoms with Gasteiger partial charge in [0.1, 0.15) is 0 Å². The topological polar surface area (TPSA) is 44.9 Å². The molecule has 3 nitrogen and oxygen atoms in total. The van der Waals surface area contributed by atoms with Crippen molar-refractivity contribution in [2.24, 2.45) is 0 Å². The molecule has 2 heterocycles. The Morgan fingerprint density at radius 1 is 1.06 bits per heavy atom. The summed E-state index contributed by atoms with van der Waals surface area (Å²) >= 11 is 0. The first-order valence-electron chi connectivity index (χ1n) is 6.19. The maximum absolute atomic E-state index is 11.3. The van der Waals surface area contributed by atoms with Crippen LogP contribution < -0.4 is 10.9 Å². The van der Waals surface area contributed by atoms with E-state index in [-0.39, 0.29) is 18.0 Å². The van der Waals surface area contributed by atoms with E-state index in [0.717, 1.165) is 24.0 Å². The summed E-state index contributed by atoms with van der Waals surface area (Å²) < 4.78 is 0. The molecule has 0 amide bonds. The second-order valence-electron chi connectivity index (χ2n) is 5.18. The van der Waals surface area contributed by atoms with E-state index in [1.807, 2.05) is 6.07 Å². The molecule has 4 heteroatoms. The molecule has 2 bridgehead atoms. The van der Waals surface area contributed by atoms with Crippen LogP contribution in [0.2, 0.25) is 0 Å². The number of aromatic nitrogens is 1. The number of piperidine rings is 1. The monoisotopic (exact) mass is 262 g/mol. The molecule has 94 valence electrons. The van der Waals surface area contributed by atoms with Gasteiger partial charge in [-0.2, -0.15) is 0 Å². The van der Waals surface area contributed by atoms with E-state index in [9.17, 15) is 4.79 Å². The molecule has 2 N–H and O–H groups in total. The number of aromatic amines is 1. The summed E-state index contributed by atoms with van der Waals surface area (Å²) in [5.41, 5.74) is 3.88. The van der Waals surface area contributed by atoms with Gasteiger partial charge in [0.05, 0.1) is 0 Å². The number of hydrogen-bond acceptors (Lipinski definition) is 2. The molecule has 1 aromatic heterocycles. The van der Waals surface area contributed by atoms with E-state index < -0.39 is 0 Å². The predicted octanol–water partition coefficient (Wildman–Crippen LogP) is 2.12. The van der Waals surface area contributed by atoms with E-state index >= 15 is 0 Å². The van der Waals surface area contributed by atoms with Crippen molar-refractivity contribution in [1.82, 2.24) is 10.3 Å². The Balaban J connectivity index is 0.000001000. The molecule has 1 saturated heterocycles. The molecule has 1 aliphatic carbocycles. The van der Waals surface area contributed by atoms with Crippen molar-refractivity contribution in [1.29, 1.82) is 0 Å². The van der Waals surface area contributed by atoms with Crippen LogP contribution >= 0.6 is 12.4 Å². The molecule has 2 aliphatic rings. The highest BCUT2D eigenvalue weighted by Gasteiger charge is 2.34. The highest BCUT2D eigenvalue weighted by Crippen LogP contribution is 2.44. The number of halogens is 1. The average molecular weight is 263 g/mol. The second-order valence-corrected chi connectivity index (χ2v) is 5.18. The minimum absolute atomic E-state index is 0. The summed E-state index contributed by atoms with van der Waals surface area (Å²) in [6, 6.07) is 7.97. The summed E-state index contributed by atoms with van der Waals surface area (Å²) in [5.74, 6) is 1.30. The summed E-state index contributed by atoms with van der Waals surface area (Å²) in [5, 5.41) is 4.64. The van der Waals surface area contributed by atoms with E-state index in [4.69, 9.17) is 0 Å². The SMILES string of the molecule is Cl.O=c1ccc2cc3c(cc2[nH]1)C1CNCC3C1. The van der Waals surface area contributed by atoms with Crippen molar-refractivity contribution in [2.75, 3.05) is 13.1 Å². The summed E-state index contributed by atoms with van der Waals surface area (Å²) in [4.78, 5) is 14.3. The Hall–Kier alpha value is -1.32. The van der Waals surface area contributed by atoms with Crippen LogP contribution in [0.4, 0.5) is 0 Å². The molecular formula is C14H15ClN2O. The number of rotatable bonds is 0. The molecule has 2 unspecified atom stereocenters. The van der Waals surface area contributed by atoms with Gasteiger partial charge in [0.2, 0.25) is 5.56 Å². The van der Waals surface area contributed by atoms with Crippen molar-refractivity contribution in [3.63, 3.8) is 0 Å². The maximum Gasteiger partial charge on any atom is 0.248 e. The Kier molecular flexibility index (Phi) is 2.68. The van der Waals surface area contributed by atoms with Gasteiger partial charge in [0.15, 0.2) is 0 Å². The Morgan fingerprint density at radius 2 is 1.78 bits per heavy atom. The minimum Gasteiger partial charge on any atom is -0.322 e. The van der Waals surface area contributed by atoms with Gasteiger partial charge in [-0.05, 0) is 53.0 Å². The molecule has 1 aromatic carbocycles. The third-order valence-corrected chi connectivity index (χ3v) is 4.16. The third-order valence-electron chi connectivity index (χ3n) is 4.16.